The predicted molar refractivity (Wildman–Crippen MR) is 85.4 cm³/mol. The number of amides is 1. The Kier molecular flexibility index (Phi) is 5.22. The Morgan fingerprint density at radius 2 is 1.62 bits per heavy atom. The minimum absolute atomic E-state index is 0.102. The standard InChI is InChI=1S/C15H16N4OS/c16-15(19-17)18-14(20)13(11-7-3-1-4-8-11)21-12-9-5-2-6-10-12/h1-10,13H,17H2,(H3,16,18,19,20). The number of hydrogen-bond acceptors (Lipinski definition) is 4. The van der Waals surface area contributed by atoms with Crippen LogP contribution in [0.15, 0.2) is 70.7 Å². The van der Waals surface area contributed by atoms with E-state index in [1.807, 2.05) is 60.7 Å². The van der Waals surface area contributed by atoms with Crippen LogP contribution in [0.4, 0.5) is 0 Å². The number of nitrogens with zero attached hydrogens (tertiary/aromatic N) is 1. The van der Waals surface area contributed by atoms with Crippen LogP contribution < -0.4 is 16.9 Å². The molecule has 0 aliphatic carbocycles. The van der Waals surface area contributed by atoms with Crippen molar-refractivity contribution < 1.29 is 4.79 Å². The zero-order valence-corrected chi connectivity index (χ0v) is 12.1. The third-order valence-corrected chi connectivity index (χ3v) is 3.99. The lowest BCUT2D eigenvalue weighted by atomic mass is 10.1. The molecule has 0 aromatic heterocycles. The first kappa shape index (κ1) is 14.9. The smallest absolute Gasteiger partial charge is 0.244 e. The van der Waals surface area contributed by atoms with Crippen LogP contribution in [0.2, 0.25) is 0 Å². The van der Waals surface area contributed by atoms with Gasteiger partial charge in [0.15, 0.2) is 0 Å². The molecule has 6 heteroatoms. The van der Waals surface area contributed by atoms with E-state index in [1.54, 1.807) is 0 Å². The van der Waals surface area contributed by atoms with Gasteiger partial charge in [0.2, 0.25) is 11.9 Å². The molecule has 108 valence electrons. The molecule has 0 fully saturated rings. The Bertz CT molecular complexity index is 616. The van der Waals surface area contributed by atoms with Gasteiger partial charge in [-0.1, -0.05) is 48.5 Å². The van der Waals surface area contributed by atoms with Crippen LogP contribution in [-0.4, -0.2) is 11.9 Å². The molecule has 1 atom stereocenters. The molecule has 0 saturated carbocycles. The summed E-state index contributed by atoms with van der Waals surface area (Å²) in [6, 6.07) is 19.2. The molecule has 0 spiro atoms. The van der Waals surface area contributed by atoms with Crippen LogP contribution in [0.1, 0.15) is 10.8 Å². The minimum Gasteiger partial charge on any atom is -0.368 e. The summed E-state index contributed by atoms with van der Waals surface area (Å²) in [5, 5.41) is 5.32. The lowest BCUT2D eigenvalue weighted by Crippen LogP contribution is -2.39. The fourth-order valence-corrected chi connectivity index (χ4v) is 2.81. The van der Waals surface area contributed by atoms with Crippen LogP contribution in [0.5, 0.6) is 0 Å². The van der Waals surface area contributed by atoms with E-state index in [2.05, 4.69) is 10.4 Å². The second-order valence-corrected chi connectivity index (χ2v) is 5.40. The average molecular weight is 300 g/mol. The molecule has 0 heterocycles. The van der Waals surface area contributed by atoms with Gasteiger partial charge in [-0.15, -0.1) is 16.9 Å². The molecule has 2 rings (SSSR count). The monoisotopic (exact) mass is 300 g/mol. The van der Waals surface area contributed by atoms with Crippen LogP contribution in [0.3, 0.4) is 0 Å². The number of hydrogen-bond donors (Lipinski definition) is 3. The summed E-state index contributed by atoms with van der Waals surface area (Å²) in [5.41, 5.74) is 6.35. The van der Waals surface area contributed by atoms with Crippen molar-refractivity contribution in [3.8, 4) is 0 Å². The maximum atomic E-state index is 12.4. The Morgan fingerprint density at radius 1 is 1.05 bits per heavy atom. The summed E-state index contributed by atoms with van der Waals surface area (Å²) in [5.74, 6) is 4.69. The van der Waals surface area contributed by atoms with Gasteiger partial charge in [0.25, 0.3) is 0 Å². The number of hydrazone groups is 1. The molecule has 21 heavy (non-hydrogen) atoms. The van der Waals surface area contributed by atoms with E-state index in [0.717, 1.165) is 10.5 Å². The highest BCUT2D eigenvalue weighted by Gasteiger charge is 2.22. The van der Waals surface area contributed by atoms with Gasteiger partial charge >= 0.3 is 0 Å². The zero-order chi connectivity index (χ0) is 15.1. The van der Waals surface area contributed by atoms with Gasteiger partial charge in [-0.05, 0) is 17.7 Å². The number of thioether (sulfide) groups is 1. The van der Waals surface area contributed by atoms with Gasteiger partial charge in [-0.25, -0.2) is 0 Å². The molecule has 0 aliphatic heterocycles. The summed E-state index contributed by atoms with van der Waals surface area (Å²) in [6.07, 6.45) is 0. The quantitative estimate of drug-likeness (QED) is 0.264. The molecule has 0 radical (unpaired) electrons. The third kappa shape index (κ3) is 4.25. The van der Waals surface area contributed by atoms with E-state index in [4.69, 9.17) is 11.6 Å². The van der Waals surface area contributed by atoms with Crippen molar-refractivity contribution >= 4 is 23.6 Å². The van der Waals surface area contributed by atoms with Gasteiger partial charge in [0.05, 0.1) is 0 Å². The summed E-state index contributed by atoms with van der Waals surface area (Å²) in [4.78, 5) is 13.4. The largest absolute Gasteiger partial charge is 0.368 e. The number of benzene rings is 2. The number of nitrogens with two attached hydrogens (primary N) is 2. The Hall–Kier alpha value is -2.47. The number of carbonyl (C=O) groups is 1. The lowest BCUT2D eigenvalue weighted by molar-refractivity contribution is -0.119. The van der Waals surface area contributed by atoms with Crippen LogP contribution in [-0.2, 0) is 4.79 Å². The summed E-state index contributed by atoms with van der Waals surface area (Å²) < 4.78 is 0. The second-order valence-electron chi connectivity index (χ2n) is 4.23. The van der Waals surface area contributed by atoms with E-state index < -0.39 is 5.25 Å². The molecule has 0 aliphatic rings. The first-order valence-corrected chi connectivity index (χ1v) is 7.19. The van der Waals surface area contributed by atoms with Crippen LogP contribution in [0.25, 0.3) is 0 Å². The van der Waals surface area contributed by atoms with E-state index in [1.165, 1.54) is 11.8 Å². The van der Waals surface area contributed by atoms with Crippen molar-refractivity contribution in [3.05, 3.63) is 66.2 Å². The van der Waals surface area contributed by atoms with E-state index >= 15 is 0 Å². The number of nitrogens with one attached hydrogen (secondary N) is 1. The Balaban J connectivity index is 2.24. The van der Waals surface area contributed by atoms with Crippen molar-refractivity contribution in [2.75, 3.05) is 0 Å². The maximum Gasteiger partial charge on any atom is 0.244 e. The highest BCUT2D eigenvalue weighted by molar-refractivity contribution is 8.00. The third-order valence-electron chi connectivity index (χ3n) is 2.73. The summed E-state index contributed by atoms with van der Waals surface area (Å²) >= 11 is 1.44. The van der Waals surface area contributed by atoms with Gasteiger partial charge in [0, 0.05) is 4.90 Å². The molecule has 1 unspecified atom stereocenters. The van der Waals surface area contributed by atoms with Crippen molar-refractivity contribution in [3.63, 3.8) is 0 Å². The SMILES string of the molecule is N/N=C(\N)NC(=O)C(Sc1ccccc1)c1ccccc1. The number of rotatable bonds is 4. The summed E-state index contributed by atoms with van der Waals surface area (Å²) in [7, 11) is 0. The molecular formula is C15H16N4OS. The summed E-state index contributed by atoms with van der Waals surface area (Å²) in [6.45, 7) is 0. The van der Waals surface area contributed by atoms with E-state index in [9.17, 15) is 4.79 Å². The fourth-order valence-electron chi connectivity index (χ4n) is 1.76. The highest BCUT2D eigenvalue weighted by Crippen LogP contribution is 2.35. The molecule has 2 aromatic rings. The molecule has 2 aromatic carbocycles. The second kappa shape index (κ2) is 7.35. The number of carbonyl (C=O) groups excluding carboxylic acids is 1. The zero-order valence-electron chi connectivity index (χ0n) is 11.3. The molecular weight excluding hydrogens is 284 g/mol. The fraction of sp³-hybridized carbons (Fsp3) is 0.0667. The average Bonchev–Trinajstić information content (AvgIpc) is 2.54. The topological polar surface area (TPSA) is 93.5 Å². The van der Waals surface area contributed by atoms with Crippen molar-refractivity contribution in [2.24, 2.45) is 16.7 Å². The molecule has 5 nitrogen and oxygen atoms in total. The highest BCUT2D eigenvalue weighted by atomic mass is 32.2. The minimum atomic E-state index is -0.436. The first-order chi connectivity index (χ1) is 10.2. The van der Waals surface area contributed by atoms with Crippen molar-refractivity contribution in [2.45, 2.75) is 10.1 Å². The number of guanidine groups is 1. The molecule has 0 bridgehead atoms. The van der Waals surface area contributed by atoms with E-state index in [0.29, 0.717) is 0 Å². The molecule has 5 N–H and O–H groups in total. The predicted octanol–water partition coefficient (Wildman–Crippen LogP) is 1.82. The van der Waals surface area contributed by atoms with Gasteiger partial charge in [0.1, 0.15) is 5.25 Å². The van der Waals surface area contributed by atoms with Crippen LogP contribution in [0, 0.1) is 0 Å². The van der Waals surface area contributed by atoms with Crippen LogP contribution >= 0.6 is 11.8 Å². The Labute approximate surface area is 127 Å². The van der Waals surface area contributed by atoms with Crippen molar-refractivity contribution in [1.82, 2.24) is 5.32 Å². The van der Waals surface area contributed by atoms with Gasteiger partial charge < -0.3 is 11.6 Å². The Morgan fingerprint density at radius 3 is 2.19 bits per heavy atom. The maximum absolute atomic E-state index is 12.4. The van der Waals surface area contributed by atoms with Crippen molar-refractivity contribution in [1.29, 1.82) is 0 Å². The lowest BCUT2D eigenvalue weighted by Gasteiger charge is -2.16. The van der Waals surface area contributed by atoms with E-state index in [-0.39, 0.29) is 11.9 Å². The molecule has 0 saturated heterocycles. The first-order valence-electron chi connectivity index (χ1n) is 6.31. The normalized spacial score (nSPS) is 12.7. The molecule has 1 amide bonds. The van der Waals surface area contributed by atoms with Gasteiger partial charge in [-0.2, -0.15) is 0 Å². The van der Waals surface area contributed by atoms with Gasteiger partial charge in [-0.3, -0.25) is 10.1 Å².